The van der Waals surface area contributed by atoms with E-state index in [1.165, 1.54) is 0 Å². The molecular formula is C12H14ClNO2. The van der Waals surface area contributed by atoms with Crippen LogP contribution in [0, 0.1) is 0 Å². The summed E-state index contributed by atoms with van der Waals surface area (Å²) in [5, 5.41) is 0.540. The molecule has 0 spiro atoms. The molecule has 1 unspecified atom stereocenters. The maximum absolute atomic E-state index is 12.1. The second-order valence-electron chi connectivity index (χ2n) is 3.95. The summed E-state index contributed by atoms with van der Waals surface area (Å²) in [5.41, 5.74) is 6.70. The Labute approximate surface area is 99.5 Å². The molecule has 1 aromatic carbocycles. The number of carbonyl (C=O) groups is 1. The van der Waals surface area contributed by atoms with Crippen LogP contribution in [0.1, 0.15) is 29.6 Å². The summed E-state index contributed by atoms with van der Waals surface area (Å²) >= 11 is 5.78. The van der Waals surface area contributed by atoms with Crippen LogP contribution in [0.25, 0.3) is 0 Å². The molecule has 16 heavy (non-hydrogen) atoms. The molecule has 0 radical (unpaired) electrons. The second-order valence-corrected chi connectivity index (χ2v) is 4.39. The van der Waals surface area contributed by atoms with Gasteiger partial charge in [0.15, 0.2) is 5.78 Å². The molecule has 4 heteroatoms. The topological polar surface area (TPSA) is 52.3 Å². The van der Waals surface area contributed by atoms with Gasteiger partial charge in [-0.3, -0.25) is 4.79 Å². The van der Waals surface area contributed by atoms with Gasteiger partial charge in [0.25, 0.3) is 0 Å². The molecule has 1 aliphatic heterocycles. The van der Waals surface area contributed by atoms with Gasteiger partial charge in [0, 0.05) is 22.9 Å². The first-order valence-corrected chi connectivity index (χ1v) is 5.77. The van der Waals surface area contributed by atoms with Gasteiger partial charge in [0.2, 0.25) is 0 Å². The summed E-state index contributed by atoms with van der Waals surface area (Å²) in [6, 6.07) is 4.93. The zero-order chi connectivity index (χ0) is 11.5. The minimum absolute atomic E-state index is 0.0335. The average Bonchev–Trinajstić information content (AvgIpc) is 2.29. The lowest BCUT2D eigenvalue weighted by atomic mass is 9.99. The fraction of sp³-hybridized carbons (Fsp3) is 0.417. The van der Waals surface area contributed by atoms with Crippen molar-refractivity contribution in [1.29, 1.82) is 0 Å². The third kappa shape index (κ3) is 2.36. The van der Waals surface area contributed by atoms with Gasteiger partial charge in [0.05, 0.1) is 0 Å². The number of halogens is 1. The van der Waals surface area contributed by atoms with Gasteiger partial charge in [-0.05, 0) is 37.5 Å². The van der Waals surface area contributed by atoms with Crippen LogP contribution in [-0.2, 0) is 4.74 Å². The lowest BCUT2D eigenvalue weighted by Gasteiger charge is -2.21. The monoisotopic (exact) mass is 239 g/mol. The second kappa shape index (κ2) is 4.85. The van der Waals surface area contributed by atoms with Gasteiger partial charge in [0.1, 0.15) is 6.10 Å². The molecule has 1 saturated heterocycles. The first-order valence-electron chi connectivity index (χ1n) is 5.39. The standard InChI is InChI=1S/C12H14ClNO2/c13-8-4-5-9(10(14)7-8)12(15)11-3-1-2-6-16-11/h4-5,7,11H,1-3,6,14H2. The Morgan fingerprint density at radius 3 is 2.88 bits per heavy atom. The third-order valence-electron chi connectivity index (χ3n) is 2.75. The van der Waals surface area contributed by atoms with E-state index in [-0.39, 0.29) is 11.9 Å². The number of hydrogen-bond acceptors (Lipinski definition) is 3. The first kappa shape index (κ1) is 11.4. The summed E-state index contributed by atoms with van der Waals surface area (Å²) < 4.78 is 5.44. The van der Waals surface area contributed by atoms with Gasteiger partial charge in [-0.15, -0.1) is 0 Å². The number of Topliss-reactive ketones (excluding diaryl/α,β-unsaturated/α-hetero) is 1. The molecular weight excluding hydrogens is 226 g/mol. The lowest BCUT2D eigenvalue weighted by Crippen LogP contribution is -2.28. The molecule has 1 fully saturated rings. The Bertz CT molecular complexity index is 400. The highest BCUT2D eigenvalue weighted by atomic mass is 35.5. The molecule has 1 aromatic rings. The molecule has 0 aromatic heterocycles. The summed E-state index contributed by atoms with van der Waals surface area (Å²) in [6.07, 6.45) is 2.50. The highest BCUT2D eigenvalue weighted by Gasteiger charge is 2.24. The molecule has 1 atom stereocenters. The van der Waals surface area contributed by atoms with Crippen molar-refractivity contribution >= 4 is 23.1 Å². The van der Waals surface area contributed by atoms with Gasteiger partial charge < -0.3 is 10.5 Å². The van der Waals surface area contributed by atoms with E-state index in [1.807, 2.05) is 0 Å². The van der Waals surface area contributed by atoms with Crippen molar-refractivity contribution in [3.05, 3.63) is 28.8 Å². The molecule has 0 saturated carbocycles. The van der Waals surface area contributed by atoms with Crippen molar-refractivity contribution in [2.75, 3.05) is 12.3 Å². The fourth-order valence-electron chi connectivity index (χ4n) is 1.88. The Hall–Kier alpha value is -1.06. The number of hydrogen-bond donors (Lipinski definition) is 1. The molecule has 1 heterocycles. The predicted molar refractivity (Wildman–Crippen MR) is 63.8 cm³/mol. The smallest absolute Gasteiger partial charge is 0.193 e. The van der Waals surface area contributed by atoms with Gasteiger partial charge >= 0.3 is 0 Å². The van der Waals surface area contributed by atoms with E-state index in [0.717, 1.165) is 19.3 Å². The number of nitrogens with two attached hydrogens (primary N) is 1. The molecule has 0 aliphatic carbocycles. The minimum atomic E-state index is -0.336. The van der Waals surface area contributed by atoms with Crippen LogP contribution in [0.5, 0.6) is 0 Å². The van der Waals surface area contributed by atoms with E-state index in [4.69, 9.17) is 22.1 Å². The summed E-state index contributed by atoms with van der Waals surface area (Å²) in [7, 11) is 0. The quantitative estimate of drug-likeness (QED) is 0.638. The Morgan fingerprint density at radius 2 is 2.25 bits per heavy atom. The van der Waals surface area contributed by atoms with E-state index in [0.29, 0.717) is 22.9 Å². The highest BCUT2D eigenvalue weighted by molar-refractivity contribution is 6.31. The number of rotatable bonds is 2. The Balaban J connectivity index is 2.19. The van der Waals surface area contributed by atoms with Crippen molar-refractivity contribution in [1.82, 2.24) is 0 Å². The maximum Gasteiger partial charge on any atom is 0.193 e. The van der Waals surface area contributed by atoms with Crippen molar-refractivity contribution in [3.8, 4) is 0 Å². The van der Waals surface area contributed by atoms with Crippen molar-refractivity contribution < 1.29 is 9.53 Å². The number of nitrogen functional groups attached to an aromatic ring is 1. The van der Waals surface area contributed by atoms with E-state index in [2.05, 4.69) is 0 Å². The van der Waals surface area contributed by atoms with E-state index in [9.17, 15) is 4.79 Å². The molecule has 3 nitrogen and oxygen atoms in total. The van der Waals surface area contributed by atoms with Crippen molar-refractivity contribution in [3.63, 3.8) is 0 Å². The third-order valence-corrected chi connectivity index (χ3v) is 2.99. The van der Waals surface area contributed by atoms with Crippen LogP contribution in [0.2, 0.25) is 5.02 Å². The number of ketones is 1. The van der Waals surface area contributed by atoms with Crippen molar-refractivity contribution in [2.45, 2.75) is 25.4 Å². The minimum Gasteiger partial charge on any atom is -0.398 e. The highest BCUT2D eigenvalue weighted by Crippen LogP contribution is 2.23. The zero-order valence-corrected chi connectivity index (χ0v) is 9.67. The van der Waals surface area contributed by atoms with Crippen LogP contribution in [0.4, 0.5) is 5.69 Å². The van der Waals surface area contributed by atoms with E-state index in [1.54, 1.807) is 18.2 Å². The zero-order valence-electron chi connectivity index (χ0n) is 8.91. The lowest BCUT2D eigenvalue weighted by molar-refractivity contribution is 0.0187. The van der Waals surface area contributed by atoms with Crippen LogP contribution >= 0.6 is 11.6 Å². The van der Waals surface area contributed by atoms with E-state index >= 15 is 0 Å². The number of anilines is 1. The molecule has 2 rings (SSSR count). The maximum atomic E-state index is 12.1. The summed E-state index contributed by atoms with van der Waals surface area (Å²) in [6.45, 7) is 0.657. The SMILES string of the molecule is Nc1cc(Cl)ccc1C(=O)C1CCCCO1. The summed E-state index contributed by atoms with van der Waals surface area (Å²) in [5.74, 6) is -0.0335. The fourth-order valence-corrected chi connectivity index (χ4v) is 2.06. The van der Waals surface area contributed by atoms with Gasteiger partial charge in [-0.2, -0.15) is 0 Å². The van der Waals surface area contributed by atoms with Gasteiger partial charge in [-0.25, -0.2) is 0 Å². The molecule has 1 aliphatic rings. The van der Waals surface area contributed by atoms with Gasteiger partial charge in [-0.1, -0.05) is 11.6 Å². The Morgan fingerprint density at radius 1 is 1.44 bits per heavy atom. The average molecular weight is 240 g/mol. The largest absolute Gasteiger partial charge is 0.398 e. The number of carbonyl (C=O) groups excluding carboxylic acids is 1. The van der Waals surface area contributed by atoms with Crippen LogP contribution < -0.4 is 5.73 Å². The molecule has 86 valence electrons. The van der Waals surface area contributed by atoms with Crippen molar-refractivity contribution in [2.24, 2.45) is 0 Å². The summed E-state index contributed by atoms with van der Waals surface area (Å²) in [4.78, 5) is 12.1. The molecule has 0 amide bonds. The van der Waals surface area contributed by atoms with Crippen LogP contribution in [0.3, 0.4) is 0 Å². The number of ether oxygens (including phenoxy) is 1. The first-order chi connectivity index (χ1) is 7.68. The number of benzene rings is 1. The molecule has 2 N–H and O–H groups in total. The molecule has 0 bridgehead atoms. The predicted octanol–water partition coefficient (Wildman–Crippen LogP) is 2.67. The Kier molecular flexibility index (Phi) is 3.46. The van der Waals surface area contributed by atoms with Crippen LogP contribution in [-0.4, -0.2) is 18.5 Å². The van der Waals surface area contributed by atoms with Crippen LogP contribution in [0.15, 0.2) is 18.2 Å². The van der Waals surface area contributed by atoms with E-state index < -0.39 is 0 Å². The normalized spacial score (nSPS) is 20.7.